The zero-order valence-electron chi connectivity index (χ0n) is 11.9. The lowest BCUT2D eigenvalue weighted by atomic mass is 10.3. The molecule has 18 heavy (non-hydrogen) atoms. The van der Waals surface area contributed by atoms with Crippen LogP contribution in [-0.4, -0.2) is 40.2 Å². The molecule has 0 saturated carbocycles. The fraction of sp³-hybridized carbons (Fsp3) is 0.692. The summed E-state index contributed by atoms with van der Waals surface area (Å²) < 4.78 is 1.87. The van der Waals surface area contributed by atoms with Gasteiger partial charge < -0.3 is 10.2 Å². The van der Waals surface area contributed by atoms with Crippen LogP contribution in [0, 0.1) is 6.92 Å². The molecule has 0 aromatic carbocycles. The van der Waals surface area contributed by atoms with Gasteiger partial charge >= 0.3 is 0 Å². The number of hydrogen-bond donors (Lipinski definition) is 1. The van der Waals surface area contributed by atoms with Gasteiger partial charge in [-0.25, -0.2) is 0 Å². The Morgan fingerprint density at radius 2 is 2.11 bits per heavy atom. The van der Waals surface area contributed by atoms with E-state index in [-0.39, 0.29) is 5.91 Å². The van der Waals surface area contributed by atoms with Gasteiger partial charge in [-0.2, -0.15) is 5.10 Å². The lowest BCUT2D eigenvalue weighted by molar-refractivity contribution is -0.130. The van der Waals surface area contributed by atoms with Gasteiger partial charge in [-0.05, 0) is 26.8 Å². The van der Waals surface area contributed by atoms with Gasteiger partial charge in [0.1, 0.15) is 0 Å². The molecule has 0 bridgehead atoms. The van der Waals surface area contributed by atoms with Crippen LogP contribution in [0.3, 0.4) is 0 Å². The highest BCUT2D eigenvalue weighted by Crippen LogP contribution is 2.01. The number of amides is 1. The summed E-state index contributed by atoms with van der Waals surface area (Å²) in [5.74, 6) is 0.216. The van der Waals surface area contributed by atoms with Gasteiger partial charge in [0.25, 0.3) is 0 Å². The normalized spacial score (nSPS) is 10.7. The van der Waals surface area contributed by atoms with E-state index < -0.39 is 0 Å². The van der Waals surface area contributed by atoms with Crippen molar-refractivity contribution in [1.29, 1.82) is 0 Å². The quantitative estimate of drug-likeness (QED) is 0.739. The second kappa shape index (κ2) is 7.16. The largest absolute Gasteiger partial charge is 0.343 e. The number of carbonyl (C=O) groups is 1. The second-order valence-electron chi connectivity index (χ2n) is 4.39. The van der Waals surface area contributed by atoms with Gasteiger partial charge in [0, 0.05) is 39.6 Å². The molecule has 0 atom stereocenters. The van der Waals surface area contributed by atoms with E-state index in [4.69, 9.17) is 0 Å². The summed E-state index contributed by atoms with van der Waals surface area (Å²) in [4.78, 5) is 13.6. The Morgan fingerprint density at radius 1 is 1.44 bits per heavy atom. The van der Waals surface area contributed by atoms with Gasteiger partial charge in [-0.15, -0.1) is 0 Å². The molecular formula is C13H24N4O. The number of nitrogens with one attached hydrogen (secondary N) is 1. The average Bonchev–Trinajstić information content (AvgIpc) is 2.65. The molecule has 1 amide bonds. The van der Waals surface area contributed by atoms with Gasteiger partial charge in [0.2, 0.25) is 5.91 Å². The molecule has 1 heterocycles. The van der Waals surface area contributed by atoms with Crippen molar-refractivity contribution >= 4 is 5.91 Å². The van der Waals surface area contributed by atoms with Crippen LogP contribution < -0.4 is 5.32 Å². The van der Waals surface area contributed by atoms with Crippen molar-refractivity contribution in [3.05, 3.63) is 17.5 Å². The minimum Gasteiger partial charge on any atom is -0.343 e. The molecule has 0 aliphatic rings. The molecule has 0 fully saturated rings. The van der Waals surface area contributed by atoms with Gasteiger partial charge in [-0.1, -0.05) is 0 Å². The standard InChI is InChI=1S/C13H24N4O/c1-5-17(6-2)13(18)7-8-14-10-12-9-11(3)15-16(12)4/h9,14H,5-8,10H2,1-4H3. The molecule has 1 aromatic rings. The van der Waals surface area contributed by atoms with Crippen molar-refractivity contribution in [3.8, 4) is 0 Å². The third kappa shape index (κ3) is 4.14. The third-order valence-electron chi connectivity index (χ3n) is 3.04. The number of carbonyl (C=O) groups excluding carboxylic acids is 1. The smallest absolute Gasteiger partial charge is 0.223 e. The van der Waals surface area contributed by atoms with E-state index in [0.29, 0.717) is 13.0 Å². The van der Waals surface area contributed by atoms with Crippen LogP contribution >= 0.6 is 0 Å². The first-order valence-electron chi connectivity index (χ1n) is 6.56. The summed E-state index contributed by atoms with van der Waals surface area (Å²) in [6.07, 6.45) is 0.554. The van der Waals surface area contributed by atoms with E-state index in [2.05, 4.69) is 16.5 Å². The molecule has 0 unspecified atom stereocenters. The first-order valence-corrected chi connectivity index (χ1v) is 6.56. The Kier molecular flexibility index (Phi) is 5.85. The van der Waals surface area contributed by atoms with Crippen LogP contribution in [0.4, 0.5) is 0 Å². The van der Waals surface area contributed by atoms with Crippen molar-refractivity contribution in [2.24, 2.45) is 7.05 Å². The zero-order valence-corrected chi connectivity index (χ0v) is 11.9. The van der Waals surface area contributed by atoms with Crippen molar-refractivity contribution in [2.75, 3.05) is 19.6 Å². The van der Waals surface area contributed by atoms with Crippen LogP contribution in [0.1, 0.15) is 31.7 Å². The Bertz CT molecular complexity index is 382. The number of aromatic nitrogens is 2. The fourth-order valence-electron chi connectivity index (χ4n) is 1.98. The summed E-state index contributed by atoms with van der Waals surface area (Å²) in [5.41, 5.74) is 2.16. The highest BCUT2D eigenvalue weighted by Gasteiger charge is 2.08. The van der Waals surface area contributed by atoms with Crippen LogP contribution in [0.25, 0.3) is 0 Å². The first-order chi connectivity index (χ1) is 8.58. The van der Waals surface area contributed by atoms with E-state index in [1.807, 2.05) is 37.4 Å². The molecule has 5 heteroatoms. The van der Waals surface area contributed by atoms with Crippen molar-refractivity contribution in [1.82, 2.24) is 20.0 Å². The summed E-state index contributed by atoms with van der Waals surface area (Å²) >= 11 is 0. The van der Waals surface area contributed by atoms with Crippen molar-refractivity contribution < 1.29 is 4.79 Å². The summed E-state index contributed by atoms with van der Waals surface area (Å²) in [6, 6.07) is 2.05. The molecule has 0 radical (unpaired) electrons. The van der Waals surface area contributed by atoms with Crippen LogP contribution in [-0.2, 0) is 18.4 Å². The Balaban J connectivity index is 2.26. The number of aryl methyl sites for hydroxylation is 2. The molecule has 0 saturated heterocycles. The Labute approximate surface area is 109 Å². The summed E-state index contributed by atoms with van der Waals surface area (Å²) in [6.45, 7) is 9.03. The van der Waals surface area contributed by atoms with Gasteiger partial charge in [0.15, 0.2) is 0 Å². The number of hydrogen-bond acceptors (Lipinski definition) is 3. The first kappa shape index (κ1) is 14.7. The van der Waals surface area contributed by atoms with Crippen LogP contribution in [0.5, 0.6) is 0 Å². The fourth-order valence-corrected chi connectivity index (χ4v) is 1.98. The average molecular weight is 252 g/mol. The van der Waals surface area contributed by atoms with Gasteiger partial charge in [-0.3, -0.25) is 9.48 Å². The van der Waals surface area contributed by atoms with E-state index in [0.717, 1.165) is 31.0 Å². The molecular weight excluding hydrogens is 228 g/mol. The highest BCUT2D eigenvalue weighted by atomic mass is 16.2. The maximum atomic E-state index is 11.8. The molecule has 0 aliphatic heterocycles. The summed E-state index contributed by atoms with van der Waals surface area (Å²) in [5, 5.41) is 7.56. The van der Waals surface area contributed by atoms with E-state index in [9.17, 15) is 4.79 Å². The molecule has 0 aliphatic carbocycles. The second-order valence-corrected chi connectivity index (χ2v) is 4.39. The minimum absolute atomic E-state index is 0.216. The highest BCUT2D eigenvalue weighted by molar-refractivity contribution is 5.76. The maximum absolute atomic E-state index is 11.8. The Hall–Kier alpha value is -1.36. The SMILES string of the molecule is CCN(CC)C(=O)CCNCc1cc(C)nn1C. The molecule has 0 spiro atoms. The minimum atomic E-state index is 0.216. The molecule has 1 N–H and O–H groups in total. The third-order valence-corrected chi connectivity index (χ3v) is 3.04. The molecule has 102 valence electrons. The predicted molar refractivity (Wildman–Crippen MR) is 72.2 cm³/mol. The van der Waals surface area contributed by atoms with Crippen LogP contribution in [0.15, 0.2) is 6.07 Å². The van der Waals surface area contributed by atoms with Gasteiger partial charge in [0.05, 0.1) is 11.4 Å². The molecule has 1 aromatic heterocycles. The van der Waals surface area contributed by atoms with E-state index >= 15 is 0 Å². The van der Waals surface area contributed by atoms with E-state index in [1.165, 1.54) is 0 Å². The number of nitrogens with zero attached hydrogens (tertiary/aromatic N) is 3. The monoisotopic (exact) mass is 252 g/mol. The topological polar surface area (TPSA) is 50.2 Å². The van der Waals surface area contributed by atoms with Crippen LogP contribution in [0.2, 0.25) is 0 Å². The van der Waals surface area contributed by atoms with Crippen molar-refractivity contribution in [2.45, 2.75) is 33.7 Å². The number of rotatable bonds is 7. The Morgan fingerprint density at radius 3 is 2.61 bits per heavy atom. The van der Waals surface area contributed by atoms with E-state index in [1.54, 1.807) is 0 Å². The predicted octanol–water partition coefficient (Wildman–Crippen LogP) is 1.08. The molecule has 1 rings (SSSR count). The zero-order chi connectivity index (χ0) is 13.5. The lowest BCUT2D eigenvalue weighted by Gasteiger charge is -2.18. The maximum Gasteiger partial charge on any atom is 0.223 e. The van der Waals surface area contributed by atoms with Crippen molar-refractivity contribution in [3.63, 3.8) is 0 Å². The molecule has 5 nitrogen and oxygen atoms in total. The lowest BCUT2D eigenvalue weighted by Crippen LogP contribution is -2.32. The summed E-state index contributed by atoms with van der Waals surface area (Å²) in [7, 11) is 1.94.